The highest BCUT2D eigenvalue weighted by Gasteiger charge is 2.05. The third-order valence-corrected chi connectivity index (χ3v) is 4.26. The summed E-state index contributed by atoms with van der Waals surface area (Å²) in [6.07, 6.45) is 8.55. The number of hydrogen-bond donors (Lipinski definition) is 2. The van der Waals surface area contributed by atoms with E-state index in [1.807, 2.05) is 25.1 Å². The van der Waals surface area contributed by atoms with Crippen molar-refractivity contribution in [2.24, 2.45) is 0 Å². The van der Waals surface area contributed by atoms with Crippen molar-refractivity contribution in [1.29, 1.82) is 5.26 Å². The van der Waals surface area contributed by atoms with Crippen LogP contribution in [0.5, 0.6) is 0 Å². The molecule has 2 aromatic rings. The van der Waals surface area contributed by atoms with Crippen LogP contribution >= 0.6 is 0 Å². The van der Waals surface area contributed by atoms with Gasteiger partial charge in [-0.05, 0) is 63.3 Å². The van der Waals surface area contributed by atoms with Gasteiger partial charge >= 0.3 is 0 Å². The number of nitrogens with one attached hydrogen (secondary N) is 2. The Balaban J connectivity index is 1.61. The minimum Gasteiger partial charge on any atom is -0.370 e. The standard InChI is InChI=1S/C20H23N5/c1-15-13-19(22-12-11-16-5-3-2-4-6-16)25-20(23-15)24-18-9-7-17(14-21)8-10-18/h5,7-10,13H,2-4,6,11-12H2,1H3,(H2,22,23,24,25). The molecule has 1 aliphatic carbocycles. The molecule has 0 aliphatic heterocycles. The van der Waals surface area contributed by atoms with Crippen molar-refractivity contribution in [3.8, 4) is 6.07 Å². The largest absolute Gasteiger partial charge is 0.370 e. The van der Waals surface area contributed by atoms with Gasteiger partial charge in [0.25, 0.3) is 0 Å². The maximum absolute atomic E-state index is 8.86. The van der Waals surface area contributed by atoms with E-state index in [2.05, 4.69) is 32.7 Å². The Labute approximate surface area is 148 Å². The lowest BCUT2D eigenvalue weighted by Crippen LogP contribution is -2.08. The molecule has 3 rings (SSSR count). The lowest BCUT2D eigenvalue weighted by molar-refractivity contribution is 0.679. The zero-order valence-corrected chi connectivity index (χ0v) is 14.5. The Bertz CT molecular complexity index is 787. The molecule has 1 aliphatic rings. The summed E-state index contributed by atoms with van der Waals surface area (Å²) in [7, 11) is 0. The molecule has 0 radical (unpaired) electrons. The predicted molar refractivity (Wildman–Crippen MR) is 101 cm³/mol. The first kappa shape index (κ1) is 17.0. The van der Waals surface area contributed by atoms with E-state index in [0.29, 0.717) is 11.5 Å². The zero-order chi connectivity index (χ0) is 17.5. The number of nitrogens with zero attached hydrogens (tertiary/aromatic N) is 3. The Hall–Kier alpha value is -2.87. The molecule has 2 N–H and O–H groups in total. The summed E-state index contributed by atoms with van der Waals surface area (Å²) in [6, 6.07) is 11.3. The summed E-state index contributed by atoms with van der Waals surface area (Å²) >= 11 is 0. The highest BCUT2D eigenvalue weighted by atomic mass is 15.1. The van der Waals surface area contributed by atoms with Crippen LogP contribution < -0.4 is 10.6 Å². The molecule has 5 nitrogen and oxygen atoms in total. The van der Waals surface area contributed by atoms with Gasteiger partial charge in [-0.1, -0.05) is 11.6 Å². The van der Waals surface area contributed by atoms with Gasteiger partial charge in [-0.25, -0.2) is 4.98 Å². The Morgan fingerprint density at radius 1 is 1.16 bits per heavy atom. The molecule has 5 heteroatoms. The summed E-state index contributed by atoms with van der Waals surface area (Å²) in [5.74, 6) is 1.39. The van der Waals surface area contributed by atoms with Gasteiger partial charge in [0.05, 0.1) is 11.6 Å². The van der Waals surface area contributed by atoms with E-state index in [-0.39, 0.29) is 0 Å². The monoisotopic (exact) mass is 333 g/mol. The molecule has 0 atom stereocenters. The lowest BCUT2D eigenvalue weighted by Gasteiger charge is -2.14. The molecule has 128 valence electrons. The SMILES string of the molecule is Cc1cc(NCCC2=CCCCC2)nc(Nc2ccc(C#N)cc2)n1. The molecule has 0 fully saturated rings. The van der Waals surface area contributed by atoms with Crippen LogP contribution in [0.3, 0.4) is 0 Å². The van der Waals surface area contributed by atoms with Gasteiger partial charge < -0.3 is 10.6 Å². The van der Waals surface area contributed by atoms with E-state index < -0.39 is 0 Å². The molecule has 0 saturated carbocycles. The van der Waals surface area contributed by atoms with Crippen LogP contribution in [0.25, 0.3) is 0 Å². The van der Waals surface area contributed by atoms with Crippen molar-refractivity contribution in [3.63, 3.8) is 0 Å². The summed E-state index contributed by atoms with van der Waals surface area (Å²) in [6.45, 7) is 2.85. The Morgan fingerprint density at radius 2 is 2.00 bits per heavy atom. The predicted octanol–water partition coefficient (Wildman–Crippen LogP) is 4.70. The molecule has 25 heavy (non-hydrogen) atoms. The molecule has 1 aromatic carbocycles. The minimum atomic E-state index is 0.559. The number of aromatic nitrogens is 2. The average Bonchev–Trinajstić information content (AvgIpc) is 2.63. The van der Waals surface area contributed by atoms with Crippen molar-refractivity contribution in [2.75, 3.05) is 17.2 Å². The van der Waals surface area contributed by atoms with Crippen LogP contribution in [-0.2, 0) is 0 Å². The first-order valence-electron chi connectivity index (χ1n) is 8.77. The van der Waals surface area contributed by atoms with Crippen LogP contribution in [0.2, 0.25) is 0 Å². The van der Waals surface area contributed by atoms with Crippen LogP contribution in [0.1, 0.15) is 43.4 Å². The highest BCUT2D eigenvalue weighted by Crippen LogP contribution is 2.20. The maximum atomic E-state index is 8.86. The highest BCUT2D eigenvalue weighted by molar-refractivity contribution is 5.56. The number of hydrogen-bond acceptors (Lipinski definition) is 5. The molecule has 0 unspecified atom stereocenters. The third kappa shape index (κ3) is 5.05. The number of aryl methyl sites for hydroxylation is 1. The second-order valence-corrected chi connectivity index (χ2v) is 6.32. The summed E-state index contributed by atoms with van der Waals surface area (Å²) < 4.78 is 0. The summed E-state index contributed by atoms with van der Waals surface area (Å²) in [5, 5.41) is 15.5. The molecule has 0 spiro atoms. The van der Waals surface area contributed by atoms with Crippen molar-refractivity contribution < 1.29 is 0 Å². The molecule has 1 aromatic heterocycles. The average molecular weight is 333 g/mol. The van der Waals surface area contributed by atoms with Gasteiger partial charge in [-0.2, -0.15) is 10.2 Å². The molecular formula is C20H23N5. The fraction of sp³-hybridized carbons (Fsp3) is 0.350. The normalized spacial score (nSPS) is 13.7. The van der Waals surface area contributed by atoms with Crippen molar-refractivity contribution in [3.05, 3.63) is 53.2 Å². The van der Waals surface area contributed by atoms with E-state index in [1.165, 1.54) is 25.7 Å². The number of anilines is 3. The number of benzene rings is 1. The Kier molecular flexibility index (Phi) is 5.63. The fourth-order valence-electron chi connectivity index (χ4n) is 2.96. The van der Waals surface area contributed by atoms with Gasteiger partial charge in [0, 0.05) is 24.0 Å². The first-order valence-corrected chi connectivity index (χ1v) is 8.77. The van der Waals surface area contributed by atoms with Crippen LogP contribution in [0, 0.1) is 18.3 Å². The van der Waals surface area contributed by atoms with E-state index >= 15 is 0 Å². The van der Waals surface area contributed by atoms with Crippen molar-refractivity contribution in [1.82, 2.24) is 9.97 Å². The van der Waals surface area contributed by atoms with E-state index in [1.54, 1.807) is 17.7 Å². The van der Waals surface area contributed by atoms with Crippen LogP contribution in [0.15, 0.2) is 42.0 Å². The maximum Gasteiger partial charge on any atom is 0.229 e. The smallest absolute Gasteiger partial charge is 0.229 e. The van der Waals surface area contributed by atoms with E-state index in [9.17, 15) is 0 Å². The molecular weight excluding hydrogens is 310 g/mol. The van der Waals surface area contributed by atoms with E-state index in [4.69, 9.17) is 5.26 Å². The van der Waals surface area contributed by atoms with Crippen molar-refractivity contribution in [2.45, 2.75) is 39.0 Å². The first-order chi connectivity index (χ1) is 12.2. The molecule has 1 heterocycles. The van der Waals surface area contributed by atoms with E-state index in [0.717, 1.165) is 30.2 Å². The minimum absolute atomic E-state index is 0.559. The van der Waals surface area contributed by atoms with Crippen molar-refractivity contribution >= 4 is 17.5 Å². The second-order valence-electron chi connectivity index (χ2n) is 6.32. The molecule has 0 amide bonds. The molecule has 0 saturated heterocycles. The summed E-state index contributed by atoms with van der Waals surface area (Å²) in [4.78, 5) is 8.97. The number of nitriles is 1. The van der Waals surface area contributed by atoms with Crippen LogP contribution in [-0.4, -0.2) is 16.5 Å². The number of allylic oxidation sites excluding steroid dienone is 1. The quantitative estimate of drug-likeness (QED) is 0.749. The molecule has 0 bridgehead atoms. The fourth-order valence-corrected chi connectivity index (χ4v) is 2.96. The van der Waals surface area contributed by atoms with Crippen LogP contribution in [0.4, 0.5) is 17.5 Å². The van der Waals surface area contributed by atoms with Gasteiger partial charge in [-0.3, -0.25) is 0 Å². The second kappa shape index (κ2) is 8.29. The Morgan fingerprint density at radius 3 is 2.72 bits per heavy atom. The lowest BCUT2D eigenvalue weighted by atomic mass is 9.97. The topological polar surface area (TPSA) is 73.6 Å². The van der Waals surface area contributed by atoms with Gasteiger partial charge in [-0.15, -0.1) is 0 Å². The van der Waals surface area contributed by atoms with Gasteiger partial charge in [0.1, 0.15) is 5.82 Å². The zero-order valence-electron chi connectivity index (χ0n) is 14.5. The number of rotatable bonds is 6. The summed E-state index contributed by atoms with van der Waals surface area (Å²) in [5.41, 5.74) is 3.96. The van der Waals surface area contributed by atoms with Gasteiger partial charge in [0.2, 0.25) is 5.95 Å². The van der Waals surface area contributed by atoms with Gasteiger partial charge in [0.15, 0.2) is 0 Å². The third-order valence-electron chi connectivity index (χ3n) is 4.26.